The lowest BCUT2D eigenvalue weighted by Gasteiger charge is -1.98. The number of hydrogen-bond acceptors (Lipinski definition) is 3. The van der Waals surface area contributed by atoms with Gasteiger partial charge in [0, 0.05) is 12.4 Å². The first kappa shape index (κ1) is 9.71. The molecule has 17 heavy (non-hydrogen) atoms. The van der Waals surface area contributed by atoms with Crippen molar-refractivity contribution in [2.75, 3.05) is 5.84 Å². The van der Waals surface area contributed by atoms with Crippen molar-refractivity contribution in [3.05, 3.63) is 45.1 Å². The zero-order valence-corrected chi connectivity index (χ0v) is 9.10. The van der Waals surface area contributed by atoms with Gasteiger partial charge in [-0.05, 0) is 6.07 Å². The second kappa shape index (κ2) is 3.00. The molecule has 3 N–H and O–H groups in total. The van der Waals surface area contributed by atoms with Crippen LogP contribution in [0.5, 0.6) is 0 Å². The molecule has 0 unspecified atom stereocenters. The summed E-state index contributed by atoms with van der Waals surface area (Å²) in [6.07, 6.45) is 0. The first-order chi connectivity index (χ1) is 8.11. The molecule has 0 atom stereocenters. The zero-order valence-electron chi connectivity index (χ0n) is 9.10. The summed E-state index contributed by atoms with van der Waals surface area (Å²) in [4.78, 5) is 26.0. The molecule has 1 aromatic carbocycles. The van der Waals surface area contributed by atoms with E-state index < -0.39 is 11.2 Å². The Morgan fingerprint density at radius 2 is 1.94 bits per heavy atom. The molecule has 0 spiro atoms. The van der Waals surface area contributed by atoms with Crippen molar-refractivity contribution in [3.63, 3.8) is 0 Å². The maximum absolute atomic E-state index is 11.9. The summed E-state index contributed by atoms with van der Waals surface area (Å²) in [5, 5.41) is 0.833. The molecule has 3 rings (SSSR count). The first-order valence-corrected chi connectivity index (χ1v) is 5.09. The van der Waals surface area contributed by atoms with Crippen molar-refractivity contribution in [2.45, 2.75) is 0 Å². The number of rotatable bonds is 0. The summed E-state index contributed by atoms with van der Waals surface area (Å²) in [6, 6.07) is 7.47. The van der Waals surface area contributed by atoms with Gasteiger partial charge in [0.2, 0.25) is 0 Å². The lowest BCUT2D eigenvalue weighted by molar-refractivity contribution is 0.842. The molecular weight excluding hydrogens is 220 g/mol. The Hall–Kier alpha value is -2.50. The third-order valence-electron chi connectivity index (χ3n) is 2.98. The molecule has 0 saturated carbocycles. The minimum absolute atomic E-state index is 0.397. The quantitative estimate of drug-likeness (QED) is 0.528. The SMILES string of the molecule is Cn1c2ccccc2c2[nH]c(=O)n(N)c(=O)c21. The van der Waals surface area contributed by atoms with Gasteiger partial charge in [0.05, 0.1) is 11.0 Å². The number of nitrogens with two attached hydrogens (primary N) is 1. The molecule has 0 amide bonds. The lowest BCUT2D eigenvalue weighted by Crippen LogP contribution is -2.40. The van der Waals surface area contributed by atoms with Crippen LogP contribution in [0.2, 0.25) is 0 Å². The molecule has 0 bridgehead atoms. The van der Waals surface area contributed by atoms with E-state index in [1.165, 1.54) is 0 Å². The van der Waals surface area contributed by atoms with Crippen LogP contribution in [0.1, 0.15) is 0 Å². The molecule has 6 nitrogen and oxygen atoms in total. The number of aryl methyl sites for hydroxylation is 1. The van der Waals surface area contributed by atoms with Crippen LogP contribution in [0.15, 0.2) is 33.9 Å². The molecule has 0 fully saturated rings. The van der Waals surface area contributed by atoms with Crippen molar-refractivity contribution in [3.8, 4) is 0 Å². The molecule has 2 aromatic heterocycles. The molecule has 0 aliphatic carbocycles. The van der Waals surface area contributed by atoms with Gasteiger partial charge in [0.15, 0.2) is 0 Å². The fourth-order valence-electron chi connectivity index (χ4n) is 2.14. The van der Waals surface area contributed by atoms with Crippen molar-refractivity contribution in [2.24, 2.45) is 7.05 Å². The van der Waals surface area contributed by atoms with Crippen molar-refractivity contribution < 1.29 is 0 Å². The van der Waals surface area contributed by atoms with E-state index in [1.54, 1.807) is 11.6 Å². The molecule has 6 heteroatoms. The second-order valence-corrected chi connectivity index (χ2v) is 3.91. The van der Waals surface area contributed by atoms with Crippen LogP contribution in [0.4, 0.5) is 0 Å². The number of nitrogens with one attached hydrogen (secondary N) is 1. The van der Waals surface area contributed by atoms with Crippen LogP contribution in [-0.2, 0) is 7.05 Å². The number of aromatic nitrogens is 3. The van der Waals surface area contributed by atoms with Crippen LogP contribution >= 0.6 is 0 Å². The molecule has 3 aromatic rings. The van der Waals surface area contributed by atoms with Gasteiger partial charge >= 0.3 is 5.69 Å². The van der Waals surface area contributed by atoms with Crippen LogP contribution < -0.4 is 17.1 Å². The summed E-state index contributed by atoms with van der Waals surface area (Å²) in [5.41, 5.74) is 0.691. The monoisotopic (exact) mass is 230 g/mol. The lowest BCUT2D eigenvalue weighted by atomic mass is 10.2. The average Bonchev–Trinajstić information content (AvgIpc) is 2.61. The Kier molecular flexibility index (Phi) is 1.72. The summed E-state index contributed by atoms with van der Waals surface area (Å²) in [6.45, 7) is 0. The van der Waals surface area contributed by atoms with Gasteiger partial charge < -0.3 is 15.4 Å². The number of nitrogens with zero attached hydrogens (tertiary/aromatic N) is 2. The highest BCUT2D eigenvalue weighted by molar-refractivity contribution is 6.05. The van der Waals surface area contributed by atoms with Gasteiger partial charge in [-0.25, -0.2) is 4.79 Å². The third-order valence-corrected chi connectivity index (χ3v) is 2.98. The Balaban J connectivity index is 2.78. The van der Waals surface area contributed by atoms with E-state index in [1.807, 2.05) is 24.3 Å². The van der Waals surface area contributed by atoms with E-state index in [9.17, 15) is 9.59 Å². The first-order valence-electron chi connectivity index (χ1n) is 5.09. The normalized spacial score (nSPS) is 11.4. The molecule has 0 radical (unpaired) electrons. The van der Waals surface area contributed by atoms with Gasteiger partial charge in [-0.15, -0.1) is 0 Å². The minimum atomic E-state index is -0.612. The number of nitrogen functional groups attached to an aromatic ring is 1. The average molecular weight is 230 g/mol. The molecule has 2 heterocycles. The maximum atomic E-state index is 11.9. The highest BCUT2D eigenvalue weighted by Crippen LogP contribution is 2.22. The fraction of sp³-hybridized carbons (Fsp3) is 0.0909. The molecular formula is C11H10N4O2. The third kappa shape index (κ3) is 1.09. The van der Waals surface area contributed by atoms with Crippen LogP contribution in [0, 0.1) is 0 Å². The minimum Gasteiger partial charge on any atom is -0.338 e. The number of aromatic amines is 1. The smallest absolute Gasteiger partial charge is 0.338 e. The predicted octanol–water partition coefficient (Wildman–Crippen LogP) is -0.105. The molecule has 0 aliphatic heterocycles. The summed E-state index contributed by atoms with van der Waals surface area (Å²) in [5.74, 6) is 5.39. The van der Waals surface area contributed by atoms with Crippen molar-refractivity contribution in [1.29, 1.82) is 0 Å². The van der Waals surface area contributed by atoms with Gasteiger partial charge in [-0.1, -0.05) is 18.2 Å². The Morgan fingerprint density at radius 1 is 1.24 bits per heavy atom. The number of hydrogen-bond donors (Lipinski definition) is 2. The standard InChI is InChI=1S/C11H10N4O2/c1-14-7-5-3-2-4-6(7)8-9(14)10(16)15(12)11(17)13-8/h2-5H,12H2,1H3,(H,13,17). The highest BCUT2D eigenvalue weighted by Gasteiger charge is 2.13. The van der Waals surface area contributed by atoms with E-state index in [-0.39, 0.29) is 0 Å². The number of H-pyrrole nitrogens is 1. The number of fused-ring (bicyclic) bond motifs is 3. The van der Waals surface area contributed by atoms with Gasteiger partial charge in [-0.2, -0.15) is 4.68 Å². The maximum Gasteiger partial charge on any atom is 0.347 e. The van der Waals surface area contributed by atoms with Crippen LogP contribution in [0.25, 0.3) is 21.9 Å². The largest absolute Gasteiger partial charge is 0.347 e. The van der Waals surface area contributed by atoms with Crippen molar-refractivity contribution >= 4 is 21.9 Å². The molecule has 86 valence electrons. The van der Waals surface area contributed by atoms with Crippen LogP contribution in [0.3, 0.4) is 0 Å². The van der Waals surface area contributed by atoms with E-state index >= 15 is 0 Å². The Labute approximate surface area is 94.9 Å². The zero-order chi connectivity index (χ0) is 12.2. The fourth-order valence-corrected chi connectivity index (χ4v) is 2.14. The van der Waals surface area contributed by atoms with E-state index in [0.717, 1.165) is 10.9 Å². The number of benzene rings is 1. The van der Waals surface area contributed by atoms with Gasteiger partial charge in [-0.3, -0.25) is 4.79 Å². The molecule has 0 aliphatic rings. The topological polar surface area (TPSA) is 85.8 Å². The summed E-state index contributed by atoms with van der Waals surface area (Å²) in [7, 11) is 1.77. The van der Waals surface area contributed by atoms with Gasteiger partial charge in [0.25, 0.3) is 5.56 Å². The molecule has 0 saturated heterocycles. The number of para-hydroxylation sites is 1. The van der Waals surface area contributed by atoms with Crippen LogP contribution in [-0.4, -0.2) is 14.2 Å². The summed E-state index contributed by atoms with van der Waals surface area (Å²) < 4.78 is 2.31. The highest BCUT2D eigenvalue weighted by atomic mass is 16.2. The van der Waals surface area contributed by atoms with E-state index in [4.69, 9.17) is 5.84 Å². The second-order valence-electron chi connectivity index (χ2n) is 3.91. The Bertz CT molecular complexity index is 853. The summed E-state index contributed by atoms with van der Waals surface area (Å²) >= 11 is 0. The van der Waals surface area contributed by atoms with E-state index in [2.05, 4.69) is 4.98 Å². The van der Waals surface area contributed by atoms with Gasteiger partial charge in [0.1, 0.15) is 5.52 Å². The predicted molar refractivity (Wildman–Crippen MR) is 65.5 cm³/mol. The van der Waals surface area contributed by atoms with E-state index in [0.29, 0.717) is 15.7 Å². The Morgan fingerprint density at radius 3 is 2.71 bits per heavy atom. The van der Waals surface area contributed by atoms with Crippen molar-refractivity contribution in [1.82, 2.24) is 14.2 Å².